The second-order valence-electron chi connectivity index (χ2n) is 4.67. The number of halogens is 2. The van der Waals surface area contributed by atoms with E-state index in [-0.39, 0.29) is 12.5 Å². The minimum absolute atomic E-state index is 0.120. The summed E-state index contributed by atoms with van der Waals surface area (Å²) in [5.74, 6) is -1.75. The van der Waals surface area contributed by atoms with E-state index in [1.54, 1.807) is 13.1 Å². The molecule has 0 spiro atoms. The standard InChI is InChI=1S/C14H14Br2N2O3/c1-2-7(14(20)21)5-18-13(19)9-6-17-12-4-11(16)10(15)3-8(9)12/h3-4,6-7,17H,2,5H2,1H3,(H,18,19)(H,20,21). The van der Waals surface area contributed by atoms with E-state index >= 15 is 0 Å². The van der Waals surface area contributed by atoms with E-state index in [1.807, 2.05) is 12.1 Å². The van der Waals surface area contributed by atoms with Crippen LogP contribution in [-0.4, -0.2) is 28.5 Å². The lowest BCUT2D eigenvalue weighted by atomic mass is 10.1. The molecule has 0 radical (unpaired) electrons. The number of aromatic nitrogens is 1. The van der Waals surface area contributed by atoms with Crippen LogP contribution >= 0.6 is 31.9 Å². The number of amides is 1. The van der Waals surface area contributed by atoms with E-state index in [0.29, 0.717) is 12.0 Å². The lowest BCUT2D eigenvalue weighted by Gasteiger charge is -2.10. The maximum Gasteiger partial charge on any atom is 0.308 e. The molecule has 7 heteroatoms. The molecule has 5 nitrogen and oxygen atoms in total. The Hall–Kier alpha value is -1.34. The molecule has 1 unspecified atom stereocenters. The Kier molecular flexibility index (Phi) is 5.05. The van der Waals surface area contributed by atoms with E-state index < -0.39 is 11.9 Å². The number of hydrogen-bond acceptors (Lipinski definition) is 2. The van der Waals surface area contributed by atoms with Gasteiger partial charge >= 0.3 is 5.97 Å². The number of aliphatic carboxylic acids is 1. The first-order valence-corrected chi connectivity index (χ1v) is 7.99. The average molecular weight is 418 g/mol. The summed E-state index contributed by atoms with van der Waals surface area (Å²) in [6.45, 7) is 1.90. The van der Waals surface area contributed by atoms with Crippen molar-refractivity contribution in [1.29, 1.82) is 0 Å². The quantitative estimate of drug-likeness (QED) is 0.695. The number of hydrogen-bond donors (Lipinski definition) is 3. The lowest BCUT2D eigenvalue weighted by Crippen LogP contribution is -2.32. The summed E-state index contributed by atoms with van der Waals surface area (Å²) >= 11 is 6.81. The maximum absolute atomic E-state index is 12.2. The van der Waals surface area contributed by atoms with Gasteiger partial charge in [0.2, 0.25) is 0 Å². The molecular weight excluding hydrogens is 404 g/mol. The molecule has 3 N–H and O–H groups in total. The van der Waals surface area contributed by atoms with Crippen molar-refractivity contribution >= 4 is 54.6 Å². The minimum atomic E-state index is -0.900. The van der Waals surface area contributed by atoms with Crippen LogP contribution in [0.4, 0.5) is 0 Å². The van der Waals surface area contributed by atoms with Gasteiger partial charge in [-0.25, -0.2) is 0 Å². The van der Waals surface area contributed by atoms with Gasteiger partial charge in [-0.3, -0.25) is 9.59 Å². The second-order valence-corrected chi connectivity index (χ2v) is 6.38. The average Bonchev–Trinajstić information content (AvgIpc) is 2.82. The molecule has 0 saturated heterocycles. The van der Waals surface area contributed by atoms with Crippen molar-refractivity contribution in [3.63, 3.8) is 0 Å². The molecule has 1 aromatic heterocycles. The van der Waals surface area contributed by atoms with Crippen molar-refractivity contribution in [1.82, 2.24) is 10.3 Å². The third kappa shape index (κ3) is 3.47. The van der Waals surface area contributed by atoms with Gasteiger partial charge in [-0.05, 0) is 50.4 Å². The molecule has 0 aliphatic rings. The summed E-state index contributed by atoms with van der Waals surface area (Å²) in [6.07, 6.45) is 2.10. The fourth-order valence-corrected chi connectivity index (χ4v) is 2.71. The first-order chi connectivity index (χ1) is 9.93. The summed E-state index contributed by atoms with van der Waals surface area (Å²) in [5.41, 5.74) is 1.33. The number of carbonyl (C=O) groups excluding carboxylic acids is 1. The van der Waals surface area contributed by atoms with Gasteiger partial charge in [0, 0.05) is 32.6 Å². The molecule has 2 aromatic rings. The number of carboxylic acid groups (broad SMARTS) is 1. The van der Waals surface area contributed by atoms with Crippen molar-refractivity contribution in [3.8, 4) is 0 Å². The predicted octanol–water partition coefficient (Wildman–Crippen LogP) is 3.53. The normalized spacial score (nSPS) is 12.3. The molecule has 21 heavy (non-hydrogen) atoms. The summed E-state index contributed by atoms with van der Waals surface area (Å²) in [4.78, 5) is 26.2. The molecule has 2 rings (SSSR count). The first-order valence-electron chi connectivity index (χ1n) is 6.41. The molecule has 112 valence electrons. The molecule has 1 amide bonds. The molecule has 0 aliphatic heterocycles. The van der Waals surface area contributed by atoms with Gasteiger partial charge in [0.15, 0.2) is 0 Å². The Morgan fingerprint density at radius 1 is 1.33 bits per heavy atom. The number of carbonyl (C=O) groups is 2. The molecule has 0 aliphatic carbocycles. The zero-order chi connectivity index (χ0) is 15.6. The van der Waals surface area contributed by atoms with Crippen LogP contribution in [0.15, 0.2) is 27.3 Å². The number of carboxylic acids is 1. The van der Waals surface area contributed by atoms with Crippen LogP contribution < -0.4 is 5.32 Å². The van der Waals surface area contributed by atoms with Crippen LogP contribution in [0.2, 0.25) is 0 Å². The molecule has 0 fully saturated rings. The zero-order valence-corrected chi connectivity index (χ0v) is 14.4. The largest absolute Gasteiger partial charge is 0.481 e. The van der Waals surface area contributed by atoms with Gasteiger partial charge in [0.05, 0.1) is 11.5 Å². The van der Waals surface area contributed by atoms with Gasteiger partial charge in [-0.2, -0.15) is 0 Å². The Morgan fingerprint density at radius 3 is 2.62 bits per heavy atom. The molecule has 0 bridgehead atoms. The monoisotopic (exact) mass is 416 g/mol. The van der Waals surface area contributed by atoms with E-state index in [1.165, 1.54) is 0 Å². The molecule has 1 aromatic carbocycles. The van der Waals surface area contributed by atoms with Crippen molar-refractivity contribution in [2.75, 3.05) is 6.54 Å². The molecule has 1 atom stereocenters. The third-order valence-electron chi connectivity index (χ3n) is 3.32. The number of rotatable bonds is 5. The summed E-state index contributed by atoms with van der Waals surface area (Å²) in [6, 6.07) is 3.72. The highest BCUT2D eigenvalue weighted by molar-refractivity contribution is 9.13. The Bertz CT molecular complexity index is 697. The van der Waals surface area contributed by atoms with Gasteiger partial charge in [0.1, 0.15) is 0 Å². The van der Waals surface area contributed by atoms with Crippen LogP contribution in [-0.2, 0) is 4.79 Å². The van der Waals surface area contributed by atoms with Crippen molar-refractivity contribution < 1.29 is 14.7 Å². The molecule has 0 saturated carbocycles. The molecule has 1 heterocycles. The third-order valence-corrected chi connectivity index (χ3v) is 5.16. The lowest BCUT2D eigenvalue weighted by molar-refractivity contribution is -0.141. The SMILES string of the molecule is CCC(CNC(=O)c1c[nH]c2cc(Br)c(Br)cc12)C(=O)O. The van der Waals surface area contributed by atoms with Gasteiger partial charge in [0.25, 0.3) is 5.91 Å². The van der Waals surface area contributed by atoms with Crippen molar-refractivity contribution in [2.45, 2.75) is 13.3 Å². The predicted molar refractivity (Wildman–Crippen MR) is 87.4 cm³/mol. The van der Waals surface area contributed by atoms with E-state index in [9.17, 15) is 9.59 Å². The molecular formula is C14H14Br2N2O3. The van der Waals surface area contributed by atoms with Gasteiger partial charge in [-0.15, -0.1) is 0 Å². The summed E-state index contributed by atoms with van der Waals surface area (Å²) < 4.78 is 1.74. The van der Waals surface area contributed by atoms with Gasteiger partial charge < -0.3 is 15.4 Å². The van der Waals surface area contributed by atoms with E-state index in [2.05, 4.69) is 42.2 Å². The summed E-state index contributed by atoms with van der Waals surface area (Å²) in [5, 5.41) is 12.4. The van der Waals surface area contributed by atoms with Crippen LogP contribution in [0.1, 0.15) is 23.7 Å². The number of benzene rings is 1. The highest BCUT2D eigenvalue weighted by atomic mass is 79.9. The zero-order valence-electron chi connectivity index (χ0n) is 11.2. The first kappa shape index (κ1) is 16.0. The summed E-state index contributed by atoms with van der Waals surface area (Å²) in [7, 11) is 0. The van der Waals surface area contributed by atoms with E-state index in [4.69, 9.17) is 5.11 Å². The van der Waals surface area contributed by atoms with Crippen LogP contribution in [0.3, 0.4) is 0 Å². The second kappa shape index (κ2) is 6.62. The number of H-pyrrole nitrogens is 1. The highest BCUT2D eigenvalue weighted by Gasteiger charge is 2.18. The fourth-order valence-electron chi connectivity index (χ4n) is 2.02. The number of nitrogens with one attached hydrogen (secondary N) is 2. The number of aromatic amines is 1. The highest BCUT2D eigenvalue weighted by Crippen LogP contribution is 2.30. The van der Waals surface area contributed by atoms with Crippen LogP contribution in [0, 0.1) is 5.92 Å². The Morgan fingerprint density at radius 2 is 2.00 bits per heavy atom. The van der Waals surface area contributed by atoms with Crippen molar-refractivity contribution in [3.05, 3.63) is 32.8 Å². The van der Waals surface area contributed by atoms with Gasteiger partial charge in [-0.1, -0.05) is 6.92 Å². The fraction of sp³-hybridized carbons (Fsp3) is 0.286. The minimum Gasteiger partial charge on any atom is -0.481 e. The van der Waals surface area contributed by atoms with Crippen LogP contribution in [0.5, 0.6) is 0 Å². The van der Waals surface area contributed by atoms with E-state index in [0.717, 1.165) is 19.8 Å². The Balaban J connectivity index is 2.20. The van der Waals surface area contributed by atoms with Crippen molar-refractivity contribution in [2.24, 2.45) is 5.92 Å². The smallest absolute Gasteiger partial charge is 0.308 e. The topological polar surface area (TPSA) is 82.2 Å². The Labute approximate surface area is 138 Å². The van der Waals surface area contributed by atoms with Crippen LogP contribution in [0.25, 0.3) is 10.9 Å². The maximum atomic E-state index is 12.2. The number of fused-ring (bicyclic) bond motifs is 1.